The molecule has 0 saturated heterocycles. The molecule has 21 heavy (non-hydrogen) atoms. The van der Waals surface area contributed by atoms with Crippen LogP contribution >= 0.6 is 35.9 Å². The van der Waals surface area contributed by atoms with E-state index in [1.165, 1.54) is 9.79 Å². The van der Waals surface area contributed by atoms with Gasteiger partial charge in [-0.3, -0.25) is 4.90 Å². The molecule has 0 aromatic heterocycles. The Bertz CT molecular complexity index is 586. The zero-order valence-electron chi connectivity index (χ0n) is 12.5. The second kappa shape index (κ2) is 6.81. The molecule has 0 unspecified atom stereocenters. The van der Waals surface area contributed by atoms with Crippen molar-refractivity contribution in [3.8, 4) is 0 Å². The van der Waals surface area contributed by atoms with Crippen LogP contribution in [0.15, 0.2) is 38.0 Å². The molecule has 2 rings (SSSR count). The fourth-order valence-electron chi connectivity index (χ4n) is 2.22. The van der Waals surface area contributed by atoms with Gasteiger partial charge < -0.3 is 11.5 Å². The second-order valence-electron chi connectivity index (χ2n) is 4.81. The van der Waals surface area contributed by atoms with Gasteiger partial charge in [0.25, 0.3) is 0 Å². The second-order valence-corrected chi connectivity index (χ2v) is 6.51. The van der Waals surface area contributed by atoms with Gasteiger partial charge in [0.15, 0.2) is 0 Å². The predicted octanol–water partition coefficient (Wildman–Crippen LogP) is 2.74. The van der Waals surface area contributed by atoms with Crippen LogP contribution in [0.2, 0.25) is 0 Å². The Kier molecular flexibility index (Phi) is 5.83. The fraction of sp³-hybridized carbons (Fsp3) is 0.385. The summed E-state index contributed by atoms with van der Waals surface area (Å²) >= 11 is 3.44. The average Bonchev–Trinajstić information content (AvgIpc) is 2.36. The van der Waals surface area contributed by atoms with E-state index >= 15 is 0 Å². The number of guanidine groups is 2. The normalized spacial score (nSPS) is 16.9. The smallest absolute Gasteiger partial charge is 0.220 e. The molecule has 1 aliphatic rings. The van der Waals surface area contributed by atoms with Crippen LogP contribution in [-0.2, 0) is 0 Å². The Morgan fingerprint density at radius 2 is 1.71 bits per heavy atom. The molecule has 5 nitrogen and oxygen atoms in total. The van der Waals surface area contributed by atoms with Crippen molar-refractivity contribution < 1.29 is 0 Å². The van der Waals surface area contributed by atoms with E-state index in [0.29, 0.717) is 5.96 Å². The minimum Gasteiger partial charge on any atom is -0.369 e. The largest absolute Gasteiger partial charge is 0.369 e. The first kappa shape index (κ1) is 18.0. The number of benzene rings is 1. The molecule has 0 saturated carbocycles. The van der Waals surface area contributed by atoms with Gasteiger partial charge in [-0.25, -0.2) is 4.99 Å². The topological polar surface area (TPSA) is 80.0 Å². The van der Waals surface area contributed by atoms with Gasteiger partial charge >= 0.3 is 0 Å². The number of anilines is 1. The van der Waals surface area contributed by atoms with Crippen molar-refractivity contribution in [2.45, 2.75) is 29.3 Å². The maximum absolute atomic E-state index is 6.04. The van der Waals surface area contributed by atoms with Crippen molar-refractivity contribution in [3.05, 3.63) is 18.2 Å². The van der Waals surface area contributed by atoms with Crippen LogP contribution in [0.4, 0.5) is 5.69 Å². The Hall–Kier alpha value is -1.05. The third-order valence-corrected chi connectivity index (χ3v) is 4.72. The third kappa shape index (κ3) is 3.59. The molecule has 1 aliphatic heterocycles. The summed E-state index contributed by atoms with van der Waals surface area (Å²) in [5.74, 6) is 0.584. The van der Waals surface area contributed by atoms with Crippen molar-refractivity contribution in [2.24, 2.45) is 21.5 Å². The summed E-state index contributed by atoms with van der Waals surface area (Å²) in [5, 5.41) is 0. The lowest BCUT2D eigenvalue weighted by Gasteiger charge is -2.38. The number of aliphatic imine (C=N–C) groups is 2. The van der Waals surface area contributed by atoms with Crippen LogP contribution in [-0.4, -0.2) is 30.1 Å². The van der Waals surface area contributed by atoms with E-state index in [2.05, 4.69) is 34.6 Å². The van der Waals surface area contributed by atoms with E-state index in [1.807, 2.05) is 24.8 Å². The number of halogens is 1. The summed E-state index contributed by atoms with van der Waals surface area (Å²) in [7, 11) is 0. The highest BCUT2D eigenvalue weighted by Gasteiger charge is 2.33. The molecular formula is C13H20ClN5S2. The first-order chi connectivity index (χ1) is 9.39. The van der Waals surface area contributed by atoms with Crippen LogP contribution < -0.4 is 16.4 Å². The summed E-state index contributed by atoms with van der Waals surface area (Å²) < 4.78 is 0. The van der Waals surface area contributed by atoms with E-state index in [9.17, 15) is 0 Å². The molecule has 8 heteroatoms. The molecule has 0 bridgehead atoms. The van der Waals surface area contributed by atoms with Gasteiger partial charge in [0.2, 0.25) is 11.9 Å². The van der Waals surface area contributed by atoms with Gasteiger partial charge in [-0.1, -0.05) is 0 Å². The molecular weight excluding hydrogens is 326 g/mol. The Labute approximate surface area is 140 Å². The SMILES string of the molecule is CSc1ccc(N2C(N)=NC(N)=NC2(C)C)cc1SC.Cl. The van der Waals surface area contributed by atoms with Crippen LogP contribution in [0, 0.1) is 0 Å². The highest BCUT2D eigenvalue weighted by Crippen LogP contribution is 2.35. The number of thioether (sulfide) groups is 2. The van der Waals surface area contributed by atoms with Gasteiger partial charge in [0, 0.05) is 15.5 Å². The Morgan fingerprint density at radius 3 is 2.24 bits per heavy atom. The predicted molar refractivity (Wildman–Crippen MR) is 97.1 cm³/mol. The number of nitrogens with zero attached hydrogens (tertiary/aromatic N) is 3. The van der Waals surface area contributed by atoms with E-state index in [0.717, 1.165) is 5.69 Å². The lowest BCUT2D eigenvalue weighted by molar-refractivity contribution is 0.533. The zero-order valence-corrected chi connectivity index (χ0v) is 14.9. The third-order valence-electron chi connectivity index (χ3n) is 3.02. The molecule has 0 radical (unpaired) electrons. The molecule has 0 atom stereocenters. The van der Waals surface area contributed by atoms with Gasteiger partial charge in [-0.05, 0) is 44.6 Å². The van der Waals surface area contributed by atoms with Gasteiger partial charge in [-0.2, -0.15) is 4.99 Å². The molecule has 1 aromatic rings. The van der Waals surface area contributed by atoms with Crippen molar-refractivity contribution in [1.29, 1.82) is 0 Å². The number of hydrogen-bond acceptors (Lipinski definition) is 7. The van der Waals surface area contributed by atoms with Gasteiger partial charge in [0.05, 0.1) is 0 Å². The van der Waals surface area contributed by atoms with Crippen LogP contribution in [0.1, 0.15) is 13.8 Å². The number of nitrogens with two attached hydrogens (primary N) is 2. The molecule has 116 valence electrons. The minimum atomic E-state index is -0.549. The first-order valence-corrected chi connectivity index (χ1v) is 8.55. The van der Waals surface area contributed by atoms with E-state index in [-0.39, 0.29) is 18.4 Å². The van der Waals surface area contributed by atoms with Gasteiger partial charge in [-0.15, -0.1) is 35.9 Å². The van der Waals surface area contributed by atoms with Crippen molar-refractivity contribution >= 4 is 53.5 Å². The zero-order chi connectivity index (χ0) is 14.9. The summed E-state index contributed by atoms with van der Waals surface area (Å²) in [4.78, 5) is 12.8. The van der Waals surface area contributed by atoms with Crippen LogP contribution in [0.3, 0.4) is 0 Å². The minimum absolute atomic E-state index is 0. The molecule has 0 spiro atoms. The number of hydrogen-bond donors (Lipinski definition) is 2. The van der Waals surface area contributed by atoms with E-state index < -0.39 is 5.66 Å². The summed E-state index contributed by atoms with van der Waals surface area (Å²) in [6, 6.07) is 6.24. The molecule has 0 aliphatic carbocycles. The fourth-order valence-corrected chi connectivity index (χ4v) is 3.69. The van der Waals surface area contributed by atoms with Crippen LogP contribution in [0.25, 0.3) is 0 Å². The molecule has 1 aromatic carbocycles. The summed E-state index contributed by atoms with van der Waals surface area (Å²) in [5.41, 5.74) is 12.2. The molecule has 4 N–H and O–H groups in total. The Morgan fingerprint density at radius 1 is 1.10 bits per heavy atom. The average molecular weight is 346 g/mol. The number of rotatable bonds is 3. The first-order valence-electron chi connectivity index (χ1n) is 6.11. The Balaban J connectivity index is 0.00000220. The van der Waals surface area contributed by atoms with Gasteiger partial charge in [0.1, 0.15) is 5.66 Å². The van der Waals surface area contributed by atoms with E-state index in [4.69, 9.17) is 11.5 Å². The maximum atomic E-state index is 6.04. The van der Waals surface area contributed by atoms with Crippen LogP contribution in [0.5, 0.6) is 0 Å². The quantitative estimate of drug-likeness (QED) is 0.823. The van der Waals surface area contributed by atoms with Crippen molar-refractivity contribution in [2.75, 3.05) is 17.4 Å². The highest BCUT2D eigenvalue weighted by molar-refractivity contribution is 8.01. The van der Waals surface area contributed by atoms with E-state index in [1.54, 1.807) is 23.5 Å². The molecule has 0 fully saturated rings. The molecule has 1 heterocycles. The van der Waals surface area contributed by atoms with Crippen molar-refractivity contribution in [1.82, 2.24) is 0 Å². The lowest BCUT2D eigenvalue weighted by atomic mass is 10.1. The summed E-state index contributed by atoms with van der Waals surface area (Å²) in [6.45, 7) is 3.92. The van der Waals surface area contributed by atoms with Crippen molar-refractivity contribution in [3.63, 3.8) is 0 Å². The maximum Gasteiger partial charge on any atom is 0.220 e. The summed E-state index contributed by atoms with van der Waals surface area (Å²) in [6.07, 6.45) is 4.13. The standard InChI is InChI=1S/C13H19N5S2.ClH/c1-13(2)17-11(14)16-12(15)18(13)8-5-6-9(19-3)10(7-8)20-4;/h5-7H,1-4H3,(H4,14,15,16,17);1H. The lowest BCUT2D eigenvalue weighted by Crippen LogP contribution is -2.54. The highest BCUT2D eigenvalue weighted by atomic mass is 35.5. The molecule has 0 amide bonds. The monoisotopic (exact) mass is 345 g/mol.